The van der Waals surface area contributed by atoms with Gasteiger partial charge in [0.1, 0.15) is 6.49 Å². The molecule has 13 heavy (non-hydrogen) atoms. The monoisotopic (exact) mass is 215 g/mol. The SMILES string of the molecule is NP(N)(=S)NCCc1ccccc1. The summed E-state index contributed by atoms with van der Waals surface area (Å²) in [6.45, 7) is -1.48. The highest BCUT2D eigenvalue weighted by Gasteiger charge is 2.00. The van der Waals surface area contributed by atoms with Gasteiger partial charge in [0.05, 0.1) is 0 Å². The van der Waals surface area contributed by atoms with E-state index in [-0.39, 0.29) is 0 Å². The molecule has 0 spiro atoms. The molecule has 0 atom stereocenters. The van der Waals surface area contributed by atoms with Crippen LogP contribution in [0.3, 0.4) is 0 Å². The molecule has 0 bridgehead atoms. The van der Waals surface area contributed by atoms with Crippen molar-refractivity contribution in [2.75, 3.05) is 6.54 Å². The molecular formula is C8H14N3PS. The molecule has 0 saturated carbocycles. The van der Waals surface area contributed by atoms with Gasteiger partial charge in [0, 0.05) is 6.54 Å². The number of rotatable bonds is 4. The third-order valence-electron chi connectivity index (χ3n) is 1.62. The molecule has 0 aliphatic rings. The molecule has 0 radical (unpaired) electrons. The summed E-state index contributed by atoms with van der Waals surface area (Å²) in [6.07, 6.45) is 0.910. The van der Waals surface area contributed by atoms with Gasteiger partial charge in [0.25, 0.3) is 0 Å². The number of hydrogen-bond acceptors (Lipinski definition) is 1. The summed E-state index contributed by atoms with van der Waals surface area (Å²) < 4.78 is 0. The second kappa shape index (κ2) is 4.84. The summed E-state index contributed by atoms with van der Waals surface area (Å²) >= 11 is 4.86. The molecule has 0 aliphatic carbocycles. The normalized spacial score (nSPS) is 11.5. The lowest BCUT2D eigenvalue weighted by molar-refractivity contribution is 0.893. The Morgan fingerprint density at radius 3 is 2.38 bits per heavy atom. The van der Waals surface area contributed by atoms with E-state index in [1.54, 1.807) is 0 Å². The number of hydrogen-bond donors (Lipinski definition) is 3. The molecule has 0 aliphatic heterocycles. The van der Waals surface area contributed by atoms with Crippen LogP contribution in [0.25, 0.3) is 0 Å². The predicted molar refractivity (Wildman–Crippen MR) is 60.8 cm³/mol. The molecular weight excluding hydrogens is 201 g/mol. The Labute approximate surface area is 83.7 Å². The van der Waals surface area contributed by atoms with Crippen LogP contribution >= 0.6 is 6.49 Å². The van der Waals surface area contributed by atoms with Crippen LogP contribution in [0.4, 0.5) is 0 Å². The van der Waals surface area contributed by atoms with Gasteiger partial charge in [-0.05, 0) is 23.8 Å². The third-order valence-corrected chi connectivity index (χ3v) is 2.72. The molecule has 1 aromatic rings. The van der Waals surface area contributed by atoms with Gasteiger partial charge in [0.15, 0.2) is 0 Å². The Bertz CT molecular complexity index is 296. The van der Waals surface area contributed by atoms with E-state index < -0.39 is 6.49 Å². The lowest BCUT2D eigenvalue weighted by Crippen LogP contribution is -2.23. The smallest absolute Gasteiger partial charge is 0.132 e. The van der Waals surface area contributed by atoms with Gasteiger partial charge in [-0.3, -0.25) is 16.1 Å². The Kier molecular flexibility index (Phi) is 4.03. The zero-order valence-corrected chi connectivity index (χ0v) is 9.02. The summed E-state index contributed by atoms with van der Waals surface area (Å²) in [4.78, 5) is 0. The van der Waals surface area contributed by atoms with Gasteiger partial charge in [0.2, 0.25) is 0 Å². The van der Waals surface area contributed by atoms with Crippen LogP contribution in [0, 0.1) is 0 Å². The molecule has 0 heterocycles. The number of nitrogens with one attached hydrogen (secondary N) is 1. The first kappa shape index (κ1) is 10.8. The second-order valence-corrected chi connectivity index (χ2v) is 6.40. The first-order valence-corrected chi connectivity index (χ1v) is 6.98. The maximum atomic E-state index is 5.49. The zero-order valence-electron chi connectivity index (χ0n) is 7.31. The van der Waals surface area contributed by atoms with Gasteiger partial charge in [-0.25, -0.2) is 0 Å². The van der Waals surface area contributed by atoms with Crippen molar-refractivity contribution in [1.29, 1.82) is 0 Å². The molecule has 0 aromatic heterocycles. The van der Waals surface area contributed by atoms with Crippen molar-refractivity contribution >= 4 is 18.3 Å². The van der Waals surface area contributed by atoms with Gasteiger partial charge in [-0.15, -0.1) is 0 Å². The largest absolute Gasteiger partial charge is 0.280 e. The second-order valence-electron chi connectivity index (χ2n) is 2.85. The highest BCUT2D eigenvalue weighted by molar-refractivity contribution is 8.11. The zero-order chi connectivity index (χ0) is 9.73. The van der Waals surface area contributed by atoms with Crippen molar-refractivity contribution in [2.24, 2.45) is 11.0 Å². The van der Waals surface area contributed by atoms with Crippen LogP contribution in [-0.2, 0) is 18.2 Å². The minimum absolute atomic E-state index is 0.744. The lowest BCUT2D eigenvalue weighted by atomic mass is 10.2. The van der Waals surface area contributed by atoms with Crippen LogP contribution in [0.2, 0.25) is 0 Å². The quantitative estimate of drug-likeness (QED) is 0.655. The molecule has 0 unspecified atom stereocenters. The Balaban J connectivity index is 2.33. The Morgan fingerprint density at radius 1 is 1.23 bits per heavy atom. The van der Waals surface area contributed by atoms with E-state index in [0.29, 0.717) is 0 Å². The lowest BCUT2D eigenvalue weighted by Gasteiger charge is -2.11. The van der Waals surface area contributed by atoms with Gasteiger partial charge < -0.3 is 0 Å². The Morgan fingerprint density at radius 2 is 1.85 bits per heavy atom. The molecule has 1 aromatic carbocycles. The van der Waals surface area contributed by atoms with E-state index in [2.05, 4.69) is 17.2 Å². The summed E-state index contributed by atoms with van der Waals surface area (Å²) in [5.74, 6) is 0. The summed E-state index contributed by atoms with van der Waals surface area (Å²) in [6, 6.07) is 10.1. The van der Waals surface area contributed by atoms with Gasteiger partial charge in [-0.2, -0.15) is 0 Å². The first-order valence-electron chi connectivity index (χ1n) is 4.04. The fraction of sp³-hybridized carbons (Fsp3) is 0.250. The van der Waals surface area contributed by atoms with Crippen LogP contribution in [-0.4, -0.2) is 6.54 Å². The van der Waals surface area contributed by atoms with Crippen LogP contribution in [0.1, 0.15) is 5.56 Å². The van der Waals surface area contributed by atoms with Crippen molar-refractivity contribution in [2.45, 2.75) is 6.42 Å². The fourth-order valence-corrected chi connectivity index (χ4v) is 1.75. The molecule has 0 saturated heterocycles. The van der Waals surface area contributed by atoms with Crippen molar-refractivity contribution < 1.29 is 0 Å². The topological polar surface area (TPSA) is 64.1 Å². The van der Waals surface area contributed by atoms with E-state index >= 15 is 0 Å². The van der Waals surface area contributed by atoms with E-state index in [4.69, 9.17) is 22.8 Å². The van der Waals surface area contributed by atoms with E-state index in [1.165, 1.54) is 5.56 Å². The number of nitrogens with two attached hydrogens (primary N) is 2. The fourth-order valence-electron chi connectivity index (χ4n) is 1.02. The predicted octanol–water partition coefficient (Wildman–Crippen LogP) is 0.961. The van der Waals surface area contributed by atoms with E-state index in [1.807, 2.05) is 18.2 Å². The average molecular weight is 215 g/mol. The first-order chi connectivity index (χ1) is 6.08. The van der Waals surface area contributed by atoms with Crippen LogP contribution in [0.15, 0.2) is 30.3 Å². The molecule has 0 amide bonds. The summed E-state index contributed by atoms with van der Waals surface area (Å²) in [5.41, 5.74) is 12.2. The maximum Gasteiger partial charge on any atom is 0.132 e. The number of benzene rings is 1. The van der Waals surface area contributed by atoms with Crippen molar-refractivity contribution in [3.8, 4) is 0 Å². The summed E-state index contributed by atoms with van der Waals surface area (Å²) in [5, 5.41) is 2.95. The molecule has 0 fully saturated rings. The molecule has 3 nitrogen and oxygen atoms in total. The van der Waals surface area contributed by atoms with Gasteiger partial charge in [-0.1, -0.05) is 30.3 Å². The van der Waals surface area contributed by atoms with Crippen LogP contribution in [0.5, 0.6) is 0 Å². The summed E-state index contributed by atoms with van der Waals surface area (Å²) in [7, 11) is 0. The molecule has 5 heteroatoms. The standard InChI is InChI=1S/C8H14N3PS/c9-12(10,13)11-7-6-8-4-2-1-3-5-8/h1-5H,6-7H2,(H5,9,10,11,13). The van der Waals surface area contributed by atoms with Crippen molar-refractivity contribution in [3.63, 3.8) is 0 Å². The molecule has 5 N–H and O–H groups in total. The Hall–Kier alpha value is -0.250. The highest BCUT2D eigenvalue weighted by atomic mass is 32.4. The van der Waals surface area contributed by atoms with E-state index in [9.17, 15) is 0 Å². The minimum atomic E-state index is -2.22. The maximum absolute atomic E-state index is 5.49. The van der Waals surface area contributed by atoms with Crippen molar-refractivity contribution in [1.82, 2.24) is 5.09 Å². The molecule has 1 rings (SSSR count). The van der Waals surface area contributed by atoms with E-state index in [0.717, 1.165) is 13.0 Å². The van der Waals surface area contributed by atoms with Gasteiger partial charge >= 0.3 is 0 Å². The van der Waals surface area contributed by atoms with Crippen molar-refractivity contribution in [3.05, 3.63) is 35.9 Å². The highest BCUT2D eigenvalue weighted by Crippen LogP contribution is 2.17. The minimum Gasteiger partial charge on any atom is -0.280 e. The average Bonchev–Trinajstić information content (AvgIpc) is 2.04. The molecule has 72 valence electrons. The third kappa shape index (κ3) is 5.13. The van der Waals surface area contributed by atoms with Crippen LogP contribution < -0.4 is 16.1 Å².